The fourth-order valence-electron chi connectivity index (χ4n) is 4.36. The molecular weight excluding hydrogens is 410 g/mol. The van der Waals surface area contributed by atoms with E-state index in [2.05, 4.69) is 0 Å². The van der Waals surface area contributed by atoms with Crippen LogP contribution in [0.5, 0.6) is 0 Å². The average molecular weight is 436 g/mol. The van der Waals surface area contributed by atoms with E-state index >= 15 is 0 Å². The molecule has 0 radical (unpaired) electrons. The monoisotopic (exact) mass is 435 g/mol. The minimum absolute atomic E-state index is 0.114. The van der Waals surface area contributed by atoms with Crippen LogP contribution in [0.3, 0.4) is 0 Å². The van der Waals surface area contributed by atoms with Gasteiger partial charge in [-0.3, -0.25) is 4.84 Å². The summed E-state index contributed by atoms with van der Waals surface area (Å²) in [7, 11) is -7.12. The number of nitrogens with zero attached hydrogens (tertiary/aromatic N) is 1. The average Bonchev–Trinajstić information content (AvgIpc) is 3.36. The summed E-state index contributed by atoms with van der Waals surface area (Å²) < 4.78 is 51.5. The van der Waals surface area contributed by atoms with E-state index in [1.54, 1.807) is 65.7 Å². The molecule has 6 nitrogen and oxygen atoms in total. The molecule has 1 aliphatic carbocycles. The van der Waals surface area contributed by atoms with Crippen molar-refractivity contribution in [3.05, 3.63) is 60.7 Å². The fourth-order valence-corrected chi connectivity index (χ4v) is 7.16. The smallest absolute Gasteiger partial charge is 0.207 e. The second-order valence-corrected chi connectivity index (χ2v) is 12.0. The van der Waals surface area contributed by atoms with Crippen LogP contribution >= 0.6 is 0 Å². The Balaban J connectivity index is 1.55. The summed E-state index contributed by atoms with van der Waals surface area (Å²) in [6.07, 6.45) is 3.99. The van der Waals surface area contributed by atoms with Gasteiger partial charge in [-0.1, -0.05) is 49.2 Å². The zero-order valence-corrected chi connectivity index (χ0v) is 17.7. The molecule has 0 bridgehead atoms. The van der Waals surface area contributed by atoms with Crippen LogP contribution < -0.4 is 0 Å². The molecule has 0 amide bonds. The molecule has 156 valence electrons. The first-order valence-corrected chi connectivity index (χ1v) is 13.0. The first-order chi connectivity index (χ1) is 13.8. The summed E-state index contributed by atoms with van der Waals surface area (Å²) in [4.78, 5) is 6.44. The first-order valence-electron chi connectivity index (χ1n) is 9.85. The van der Waals surface area contributed by atoms with Gasteiger partial charge in [0, 0.05) is 18.5 Å². The Morgan fingerprint density at radius 3 is 2.00 bits per heavy atom. The minimum atomic E-state index is -3.65. The fraction of sp³-hybridized carbons (Fsp3) is 0.429. The Morgan fingerprint density at radius 2 is 1.41 bits per heavy atom. The molecule has 1 spiro atoms. The van der Waals surface area contributed by atoms with Crippen LogP contribution in [0.1, 0.15) is 32.1 Å². The van der Waals surface area contributed by atoms with Crippen LogP contribution in [0.4, 0.5) is 0 Å². The van der Waals surface area contributed by atoms with Crippen LogP contribution in [-0.4, -0.2) is 45.2 Å². The van der Waals surface area contributed by atoms with Crippen LogP contribution in [0.2, 0.25) is 0 Å². The Bertz CT molecular complexity index is 1050. The summed E-state index contributed by atoms with van der Waals surface area (Å²) in [5.41, 5.74) is -1.39. The van der Waals surface area contributed by atoms with Gasteiger partial charge in [0.15, 0.2) is 15.3 Å². The zero-order chi connectivity index (χ0) is 20.5. The molecule has 1 saturated carbocycles. The number of hydrogen-bond donors (Lipinski definition) is 0. The van der Waals surface area contributed by atoms with Crippen LogP contribution in [-0.2, 0) is 24.5 Å². The van der Waals surface area contributed by atoms with Gasteiger partial charge in [-0.2, -0.15) is 5.06 Å². The third-order valence-electron chi connectivity index (χ3n) is 5.94. The second-order valence-electron chi connectivity index (χ2n) is 7.76. The van der Waals surface area contributed by atoms with E-state index in [0.717, 1.165) is 25.7 Å². The molecule has 0 N–H and O–H groups in total. The molecule has 2 aliphatic rings. The van der Waals surface area contributed by atoms with Gasteiger partial charge in [0.05, 0.1) is 15.5 Å². The van der Waals surface area contributed by atoms with E-state index in [1.165, 1.54) is 0 Å². The molecule has 2 fully saturated rings. The largest absolute Gasteiger partial charge is 0.278 e. The van der Waals surface area contributed by atoms with Gasteiger partial charge in [0.1, 0.15) is 0 Å². The number of benzene rings is 2. The van der Waals surface area contributed by atoms with Gasteiger partial charge in [0.25, 0.3) is 0 Å². The predicted octanol–water partition coefficient (Wildman–Crippen LogP) is 3.21. The van der Waals surface area contributed by atoms with Crippen molar-refractivity contribution in [3.63, 3.8) is 0 Å². The lowest BCUT2D eigenvalue weighted by molar-refractivity contribution is -0.167. The lowest BCUT2D eigenvalue weighted by Gasteiger charge is -2.32. The molecule has 4 rings (SSSR count). The lowest BCUT2D eigenvalue weighted by atomic mass is 9.94. The summed E-state index contributed by atoms with van der Waals surface area (Å²) in [6.45, 7) is 0.151. The van der Waals surface area contributed by atoms with Crippen molar-refractivity contribution in [2.45, 2.75) is 52.9 Å². The Kier molecular flexibility index (Phi) is 5.54. The standard InChI is InChI=1S/C21H25NO5S2/c23-28(24,18-9-3-1-4-10-18)16-15-22-21(13-7-8-14-21)17-20(27-22)29(25,26)19-11-5-2-6-12-19/h1-6,9-12,20H,7-8,13-17H2/t20-/m0/s1. The normalized spacial score (nSPS) is 22.3. The topological polar surface area (TPSA) is 80.8 Å². The van der Waals surface area contributed by atoms with E-state index in [1.807, 2.05) is 0 Å². The third-order valence-corrected chi connectivity index (χ3v) is 9.52. The molecule has 1 saturated heterocycles. The number of hydroxylamine groups is 2. The zero-order valence-electron chi connectivity index (χ0n) is 16.1. The van der Waals surface area contributed by atoms with Crippen molar-refractivity contribution in [2.24, 2.45) is 0 Å². The number of rotatable bonds is 6. The van der Waals surface area contributed by atoms with Gasteiger partial charge < -0.3 is 0 Å². The summed E-state index contributed by atoms with van der Waals surface area (Å²) in [6, 6.07) is 16.6. The van der Waals surface area contributed by atoms with E-state index < -0.39 is 30.6 Å². The Hall–Kier alpha value is -1.74. The van der Waals surface area contributed by atoms with Crippen molar-refractivity contribution in [3.8, 4) is 0 Å². The maximum atomic E-state index is 13.1. The highest BCUT2D eigenvalue weighted by atomic mass is 32.2. The molecule has 8 heteroatoms. The maximum absolute atomic E-state index is 13.1. The van der Waals surface area contributed by atoms with Gasteiger partial charge in [0.2, 0.25) is 9.84 Å². The SMILES string of the molecule is O=S(=O)(CCN1O[C@@H](S(=O)(=O)c2ccccc2)CC12CCCC2)c1ccccc1. The number of hydrogen-bond acceptors (Lipinski definition) is 6. The first kappa shape index (κ1) is 20.5. The van der Waals surface area contributed by atoms with Crippen molar-refractivity contribution in [1.82, 2.24) is 5.06 Å². The van der Waals surface area contributed by atoms with E-state index in [-0.39, 0.29) is 22.1 Å². The van der Waals surface area contributed by atoms with Crippen LogP contribution in [0.15, 0.2) is 70.5 Å². The van der Waals surface area contributed by atoms with Gasteiger partial charge in [-0.05, 0) is 37.1 Å². The van der Waals surface area contributed by atoms with Crippen molar-refractivity contribution in [2.75, 3.05) is 12.3 Å². The Morgan fingerprint density at radius 1 is 0.862 bits per heavy atom. The maximum Gasteiger partial charge on any atom is 0.207 e. The Labute approximate surface area is 172 Å². The van der Waals surface area contributed by atoms with E-state index in [0.29, 0.717) is 6.42 Å². The van der Waals surface area contributed by atoms with Crippen LogP contribution in [0, 0.1) is 0 Å². The van der Waals surface area contributed by atoms with Crippen molar-refractivity contribution >= 4 is 19.7 Å². The molecule has 2 aromatic carbocycles. The summed E-state index contributed by atoms with van der Waals surface area (Å²) in [5, 5.41) is 1.66. The number of sulfone groups is 2. The highest BCUT2D eigenvalue weighted by Crippen LogP contribution is 2.46. The van der Waals surface area contributed by atoms with Gasteiger partial charge in [-0.25, -0.2) is 16.8 Å². The summed E-state index contributed by atoms with van der Waals surface area (Å²) in [5.74, 6) is -0.114. The molecule has 1 atom stereocenters. The van der Waals surface area contributed by atoms with Crippen LogP contribution in [0.25, 0.3) is 0 Å². The predicted molar refractivity (Wildman–Crippen MR) is 110 cm³/mol. The lowest BCUT2D eigenvalue weighted by Crippen LogP contribution is -2.42. The third kappa shape index (κ3) is 3.99. The van der Waals surface area contributed by atoms with E-state index in [9.17, 15) is 16.8 Å². The molecule has 1 aliphatic heterocycles. The minimum Gasteiger partial charge on any atom is -0.278 e. The molecule has 0 unspecified atom stereocenters. The second kappa shape index (κ2) is 7.83. The molecule has 2 aromatic rings. The van der Waals surface area contributed by atoms with E-state index in [4.69, 9.17) is 4.84 Å². The molecule has 29 heavy (non-hydrogen) atoms. The molecule has 1 heterocycles. The quantitative estimate of drug-likeness (QED) is 0.693. The van der Waals surface area contributed by atoms with Gasteiger partial charge in [-0.15, -0.1) is 0 Å². The van der Waals surface area contributed by atoms with Gasteiger partial charge >= 0.3 is 0 Å². The highest BCUT2D eigenvalue weighted by molar-refractivity contribution is 7.92. The summed E-state index contributed by atoms with van der Waals surface area (Å²) >= 11 is 0. The van der Waals surface area contributed by atoms with Crippen molar-refractivity contribution in [1.29, 1.82) is 0 Å². The molecular formula is C21H25NO5S2. The van der Waals surface area contributed by atoms with Crippen molar-refractivity contribution < 1.29 is 21.7 Å². The highest BCUT2D eigenvalue weighted by Gasteiger charge is 2.52. The molecule has 0 aromatic heterocycles.